The second-order valence-electron chi connectivity index (χ2n) is 28.9. The number of furan rings is 1. The predicted octanol–water partition coefficient (Wildman–Crippen LogP) is 21.1. The van der Waals surface area contributed by atoms with Crippen LogP contribution in [0.4, 0.5) is 0 Å². The molecule has 0 radical (unpaired) electrons. The molecule has 1 aliphatic carbocycles. The first-order valence-electron chi connectivity index (χ1n) is 30.7. The van der Waals surface area contributed by atoms with Crippen LogP contribution in [-0.4, -0.2) is 14.1 Å². The molecular formula is C80H74N4O2. The van der Waals surface area contributed by atoms with Crippen LogP contribution in [-0.2, 0) is 27.1 Å². The van der Waals surface area contributed by atoms with Gasteiger partial charge in [0, 0.05) is 33.8 Å². The van der Waals surface area contributed by atoms with Gasteiger partial charge < -0.3 is 9.15 Å². The Bertz CT molecular complexity index is 4980. The van der Waals surface area contributed by atoms with E-state index in [4.69, 9.17) is 14.1 Å². The molecule has 0 atom stereocenters. The van der Waals surface area contributed by atoms with Crippen molar-refractivity contribution in [2.45, 2.75) is 130 Å². The molecule has 1 aliphatic heterocycles. The summed E-state index contributed by atoms with van der Waals surface area (Å²) in [6.07, 6.45) is 8.35. The van der Waals surface area contributed by atoms with Gasteiger partial charge in [-0.25, -0.2) is 4.98 Å². The number of hydrogen-bond acceptors (Lipinski definition) is 3. The molecule has 15 rings (SSSR count). The van der Waals surface area contributed by atoms with Gasteiger partial charge in [-0.05, 0) is 191 Å². The number of aromatic nitrogens is 4. The lowest BCUT2D eigenvalue weighted by atomic mass is 9.62. The van der Waals surface area contributed by atoms with Crippen LogP contribution in [0.1, 0.15) is 131 Å². The summed E-state index contributed by atoms with van der Waals surface area (Å²) in [5, 5.41) is 4.51. The lowest BCUT2D eigenvalue weighted by Gasteiger charge is -2.42. The molecule has 426 valence electrons. The Kier molecular flexibility index (Phi) is 11.7. The van der Waals surface area contributed by atoms with E-state index in [-0.39, 0.29) is 27.1 Å². The van der Waals surface area contributed by atoms with Crippen molar-refractivity contribution in [3.05, 3.63) is 222 Å². The van der Waals surface area contributed by atoms with E-state index in [9.17, 15) is 0 Å². The quantitative estimate of drug-likeness (QED) is 0.127. The molecule has 5 heterocycles. The second-order valence-corrected chi connectivity index (χ2v) is 28.9. The molecule has 0 spiro atoms. The highest BCUT2D eigenvalue weighted by Crippen LogP contribution is 2.54. The Hall–Kier alpha value is -9.00. The fourth-order valence-electron chi connectivity index (χ4n) is 14.0. The monoisotopic (exact) mass is 1120 g/mol. The topological polar surface area (TPSA) is 49.0 Å². The Balaban J connectivity index is 1.01. The van der Waals surface area contributed by atoms with Gasteiger partial charge in [-0.2, -0.15) is 0 Å². The number of nitrogens with zero attached hydrogens (tertiary/aromatic N) is 4. The Morgan fingerprint density at radius 3 is 1.80 bits per heavy atom. The third-order valence-electron chi connectivity index (χ3n) is 19.1. The van der Waals surface area contributed by atoms with Crippen LogP contribution in [0.2, 0.25) is 0 Å². The van der Waals surface area contributed by atoms with Crippen LogP contribution in [0, 0.1) is 6.33 Å². The van der Waals surface area contributed by atoms with Gasteiger partial charge in [-0.15, -0.1) is 0 Å². The molecule has 0 bridgehead atoms. The van der Waals surface area contributed by atoms with Crippen molar-refractivity contribution in [1.82, 2.24) is 14.1 Å². The molecule has 0 unspecified atom stereocenters. The molecule has 6 heteroatoms. The van der Waals surface area contributed by atoms with E-state index < -0.39 is 0 Å². The van der Waals surface area contributed by atoms with E-state index in [0.717, 1.165) is 108 Å². The third kappa shape index (κ3) is 8.56. The Morgan fingerprint density at radius 2 is 1.07 bits per heavy atom. The van der Waals surface area contributed by atoms with Crippen molar-refractivity contribution in [1.29, 1.82) is 0 Å². The maximum atomic E-state index is 7.05. The minimum atomic E-state index is -0.201. The number of pyridine rings is 1. The Labute approximate surface area is 505 Å². The molecule has 0 N–H and O–H groups in total. The highest BCUT2D eigenvalue weighted by atomic mass is 16.5. The fourth-order valence-corrected chi connectivity index (χ4v) is 14.0. The van der Waals surface area contributed by atoms with Crippen LogP contribution >= 0.6 is 0 Å². The van der Waals surface area contributed by atoms with Gasteiger partial charge in [0.15, 0.2) is 0 Å². The number of benzene rings is 9. The summed E-state index contributed by atoms with van der Waals surface area (Å²) in [5.41, 5.74) is 23.6. The second kappa shape index (κ2) is 18.7. The van der Waals surface area contributed by atoms with E-state index >= 15 is 0 Å². The van der Waals surface area contributed by atoms with E-state index in [1.807, 2.05) is 6.20 Å². The zero-order valence-electron chi connectivity index (χ0n) is 51.9. The third-order valence-corrected chi connectivity index (χ3v) is 19.1. The average molecular weight is 1120 g/mol. The standard InChI is InChI=1S/C80H74N4O2/c1-76(2,3)49-33-36-81-73(42-49)84-68-27-18-16-25-57(68)58-31-30-54(44-69(58)84)85-53-22-20-21-52(43-53)82-47-83-74-60(48-29-32-72-63(37-48)59-26-17-19-28-71(59)86-72)38-50(77(4,5)6)39-65(74)62-46-67-66(79(10,11)34-35-80(67,12)13)45-61(62)55-23-14-15-24-56(55)64-40-51(78(7,8)9)41-70(82)75(64)83/h14-33,36-46H,34-35H2,1-13H3. The maximum Gasteiger partial charge on any atom is 0.269 e. The number of rotatable bonds is 5. The number of fused-ring (bicyclic) bond motifs is 14. The summed E-state index contributed by atoms with van der Waals surface area (Å²) in [7, 11) is 0. The lowest BCUT2D eigenvalue weighted by molar-refractivity contribution is -0.570. The summed E-state index contributed by atoms with van der Waals surface area (Å²) >= 11 is 0. The molecular weight excluding hydrogens is 1050 g/mol. The molecule has 2 aliphatic rings. The number of ether oxygens (including phenoxy) is 1. The molecule has 13 aromatic rings. The summed E-state index contributed by atoms with van der Waals surface area (Å²) in [4.78, 5) is 4.97. The Morgan fingerprint density at radius 1 is 0.465 bits per heavy atom. The normalized spacial score (nSPS) is 14.7. The smallest absolute Gasteiger partial charge is 0.269 e. The zero-order valence-corrected chi connectivity index (χ0v) is 51.9. The van der Waals surface area contributed by atoms with Crippen molar-refractivity contribution in [3.8, 4) is 73.2 Å². The molecule has 0 saturated carbocycles. The minimum absolute atomic E-state index is 0.0115. The van der Waals surface area contributed by atoms with E-state index in [1.165, 1.54) is 61.0 Å². The highest BCUT2D eigenvalue weighted by molar-refractivity contribution is 6.10. The fraction of sp³-hybridized carbons (Fsp3) is 0.250. The van der Waals surface area contributed by atoms with Gasteiger partial charge >= 0.3 is 0 Å². The van der Waals surface area contributed by atoms with Crippen molar-refractivity contribution < 1.29 is 13.7 Å². The van der Waals surface area contributed by atoms with Crippen molar-refractivity contribution in [2.75, 3.05) is 0 Å². The van der Waals surface area contributed by atoms with Gasteiger partial charge in [0.1, 0.15) is 28.5 Å². The molecule has 0 amide bonds. The minimum Gasteiger partial charge on any atom is -0.458 e. The lowest BCUT2D eigenvalue weighted by Crippen LogP contribution is -2.34. The molecule has 6 nitrogen and oxygen atoms in total. The summed E-state index contributed by atoms with van der Waals surface area (Å²) in [6.45, 7) is 30.6. The van der Waals surface area contributed by atoms with Crippen molar-refractivity contribution in [2.24, 2.45) is 0 Å². The van der Waals surface area contributed by atoms with Crippen LogP contribution in [0.5, 0.6) is 11.5 Å². The molecule has 9 aromatic carbocycles. The predicted molar refractivity (Wildman–Crippen MR) is 356 cm³/mol. The van der Waals surface area contributed by atoms with Gasteiger partial charge in [-0.1, -0.05) is 187 Å². The van der Waals surface area contributed by atoms with Crippen LogP contribution < -0.4 is 9.30 Å². The first kappa shape index (κ1) is 53.7. The van der Waals surface area contributed by atoms with Crippen LogP contribution in [0.25, 0.3) is 116 Å². The summed E-state index contributed by atoms with van der Waals surface area (Å²) in [6, 6.07) is 67.4. The average Bonchev–Trinajstić information content (AvgIpc) is 1.44. The van der Waals surface area contributed by atoms with Gasteiger partial charge in [-0.3, -0.25) is 13.7 Å². The molecule has 86 heavy (non-hydrogen) atoms. The molecule has 0 fully saturated rings. The summed E-state index contributed by atoms with van der Waals surface area (Å²) in [5.74, 6) is 2.34. The summed E-state index contributed by atoms with van der Waals surface area (Å²) < 4.78 is 20.6. The number of para-hydroxylation sites is 2. The SMILES string of the molecule is CC(C)(C)c1ccnc(-n2c3ccccc3c3ccc(Oc4cccc(-n5[c-][n+]6c7c(cc(C(C)(C)C)cc75)-c5ccccc5-c5cc7c(cc5-c5cc(C(C)(C)C)cc(-c8ccc9oc%10ccccc%10c9c8)c5-6)C(C)(C)CCC7(C)C)c4)cc32)c1. The van der Waals surface area contributed by atoms with Gasteiger partial charge in [0.2, 0.25) is 0 Å². The van der Waals surface area contributed by atoms with Crippen molar-refractivity contribution >= 4 is 54.8 Å². The zero-order chi connectivity index (χ0) is 59.6. The van der Waals surface area contributed by atoms with E-state index in [1.54, 1.807) is 0 Å². The first-order chi connectivity index (χ1) is 41.0. The molecule has 0 saturated heterocycles. The van der Waals surface area contributed by atoms with Crippen LogP contribution in [0.15, 0.2) is 193 Å². The number of hydrogen-bond donors (Lipinski definition) is 0. The largest absolute Gasteiger partial charge is 0.458 e. The first-order valence-corrected chi connectivity index (χ1v) is 30.7. The van der Waals surface area contributed by atoms with Gasteiger partial charge in [0.25, 0.3) is 6.33 Å². The maximum absolute atomic E-state index is 7.05. The van der Waals surface area contributed by atoms with Crippen LogP contribution in [0.3, 0.4) is 0 Å². The van der Waals surface area contributed by atoms with Gasteiger partial charge in [0.05, 0.1) is 33.4 Å². The molecule has 4 aromatic heterocycles. The van der Waals surface area contributed by atoms with E-state index in [0.29, 0.717) is 0 Å². The number of imidazole rings is 1. The van der Waals surface area contributed by atoms with E-state index in [2.05, 4.69) is 292 Å². The van der Waals surface area contributed by atoms with Crippen molar-refractivity contribution in [3.63, 3.8) is 0 Å². The highest BCUT2D eigenvalue weighted by Gasteiger charge is 2.40.